The number of morpholine rings is 1. The number of imidazole rings is 1. The third kappa shape index (κ3) is 6.49. The monoisotopic (exact) mass is 557 g/mol. The van der Waals surface area contributed by atoms with Gasteiger partial charge in [0.15, 0.2) is 5.82 Å². The first-order valence-corrected chi connectivity index (χ1v) is 14.0. The SMILES string of the molecule is CCOC(=O)CN(C)C1CCC(CNc2nc(N3CCOCC3)cc(-n3c(C(F)F)nc4ccccc43)n2)CC1. The summed E-state index contributed by atoms with van der Waals surface area (Å²) in [6.07, 6.45) is 1.22. The number of carbonyl (C=O) groups excluding carboxylic acids is 1. The molecule has 0 atom stereocenters. The number of fused-ring (bicyclic) bond motifs is 1. The number of rotatable bonds is 10. The first-order valence-electron chi connectivity index (χ1n) is 14.0. The fourth-order valence-electron chi connectivity index (χ4n) is 5.57. The van der Waals surface area contributed by atoms with Gasteiger partial charge < -0.3 is 19.7 Å². The zero-order valence-corrected chi connectivity index (χ0v) is 23.1. The van der Waals surface area contributed by atoms with Gasteiger partial charge in [0.2, 0.25) is 5.95 Å². The average molecular weight is 558 g/mol. The number of nitrogens with one attached hydrogen (secondary N) is 1. The molecule has 5 rings (SSSR count). The average Bonchev–Trinajstić information content (AvgIpc) is 3.37. The molecule has 0 spiro atoms. The lowest BCUT2D eigenvalue weighted by Gasteiger charge is -2.34. The van der Waals surface area contributed by atoms with Crippen molar-refractivity contribution in [2.45, 2.75) is 45.1 Å². The molecule has 2 aliphatic rings. The van der Waals surface area contributed by atoms with Crippen LogP contribution in [-0.4, -0.2) is 89.5 Å². The Labute approximate surface area is 232 Å². The molecule has 0 radical (unpaired) electrons. The van der Waals surface area contributed by atoms with E-state index < -0.39 is 6.43 Å². The second kappa shape index (κ2) is 12.9. The van der Waals surface area contributed by atoms with E-state index in [1.165, 1.54) is 4.57 Å². The van der Waals surface area contributed by atoms with E-state index in [0.29, 0.717) is 86.6 Å². The number of aromatic nitrogens is 4. The molecule has 10 nitrogen and oxygen atoms in total. The highest BCUT2D eigenvalue weighted by atomic mass is 19.3. The molecule has 0 bridgehead atoms. The van der Waals surface area contributed by atoms with Crippen molar-refractivity contribution in [1.82, 2.24) is 24.4 Å². The number of hydrogen-bond donors (Lipinski definition) is 1. The molecule has 1 saturated heterocycles. The lowest BCUT2D eigenvalue weighted by molar-refractivity contribution is -0.144. The lowest BCUT2D eigenvalue weighted by atomic mass is 9.85. The number of likely N-dealkylation sites (N-methyl/N-ethyl adjacent to an activating group) is 1. The predicted octanol–water partition coefficient (Wildman–Crippen LogP) is 4.06. The topological polar surface area (TPSA) is 97.6 Å². The number of alkyl halides is 2. The molecule has 3 heterocycles. The smallest absolute Gasteiger partial charge is 0.320 e. The minimum Gasteiger partial charge on any atom is -0.465 e. The molecule has 0 unspecified atom stereocenters. The molecule has 1 aromatic carbocycles. The van der Waals surface area contributed by atoms with E-state index in [2.05, 4.69) is 20.1 Å². The van der Waals surface area contributed by atoms with Crippen LogP contribution >= 0.6 is 0 Å². The standard InChI is InChI=1S/C28H37F2N7O3/c1-3-40-25(38)18-35(2)20-10-8-19(9-11-20)17-31-28-33-23(36-12-14-39-15-13-36)16-24(34-28)37-22-7-5-4-6-21(22)32-27(37)26(29)30/h4-7,16,19-20,26H,3,8-15,17-18H2,1-2H3,(H,31,33,34). The Balaban J connectivity index is 1.33. The summed E-state index contributed by atoms with van der Waals surface area (Å²) in [6.45, 7) is 5.65. The highest BCUT2D eigenvalue weighted by Crippen LogP contribution is 2.30. The summed E-state index contributed by atoms with van der Waals surface area (Å²) in [7, 11) is 1.97. The summed E-state index contributed by atoms with van der Waals surface area (Å²) in [5, 5.41) is 3.40. The van der Waals surface area contributed by atoms with E-state index in [1.807, 2.05) is 14.0 Å². The van der Waals surface area contributed by atoms with Crippen molar-refractivity contribution in [3.63, 3.8) is 0 Å². The van der Waals surface area contributed by atoms with E-state index in [9.17, 15) is 13.6 Å². The fraction of sp³-hybridized carbons (Fsp3) is 0.571. The number of benzene rings is 1. The van der Waals surface area contributed by atoms with Crippen molar-refractivity contribution in [3.8, 4) is 5.82 Å². The van der Waals surface area contributed by atoms with Crippen molar-refractivity contribution in [2.75, 3.05) is 63.3 Å². The Morgan fingerprint density at radius 1 is 1.12 bits per heavy atom. The number of halogens is 2. The van der Waals surface area contributed by atoms with Gasteiger partial charge in [-0.2, -0.15) is 9.97 Å². The van der Waals surface area contributed by atoms with Crippen LogP contribution in [0.15, 0.2) is 30.3 Å². The minimum absolute atomic E-state index is 0.192. The van der Waals surface area contributed by atoms with Crippen LogP contribution in [0.1, 0.15) is 44.9 Å². The predicted molar refractivity (Wildman–Crippen MR) is 148 cm³/mol. The Bertz CT molecular complexity index is 1290. The van der Waals surface area contributed by atoms with Crippen LogP contribution in [-0.2, 0) is 14.3 Å². The van der Waals surface area contributed by atoms with Gasteiger partial charge in [0.1, 0.15) is 11.6 Å². The number of para-hydroxylation sites is 2. The molecular formula is C28H37F2N7O3. The molecule has 2 aromatic heterocycles. The van der Waals surface area contributed by atoms with Crippen molar-refractivity contribution in [2.24, 2.45) is 5.92 Å². The second-order valence-corrected chi connectivity index (χ2v) is 10.4. The number of hydrogen-bond acceptors (Lipinski definition) is 9. The highest BCUT2D eigenvalue weighted by Gasteiger charge is 2.26. The van der Waals surface area contributed by atoms with Crippen molar-refractivity contribution < 1.29 is 23.0 Å². The fourth-order valence-corrected chi connectivity index (χ4v) is 5.57. The van der Waals surface area contributed by atoms with Crippen LogP contribution < -0.4 is 10.2 Å². The highest BCUT2D eigenvalue weighted by molar-refractivity contribution is 5.78. The first-order chi connectivity index (χ1) is 19.4. The van der Waals surface area contributed by atoms with E-state index >= 15 is 0 Å². The Morgan fingerprint density at radius 3 is 2.58 bits per heavy atom. The van der Waals surface area contributed by atoms with Gasteiger partial charge in [-0.15, -0.1) is 0 Å². The maximum absolute atomic E-state index is 14.1. The molecule has 1 aliphatic carbocycles. The minimum atomic E-state index is -2.76. The Morgan fingerprint density at radius 2 is 1.85 bits per heavy atom. The lowest BCUT2D eigenvalue weighted by Crippen LogP contribution is -2.39. The van der Waals surface area contributed by atoms with Crippen LogP contribution in [0.5, 0.6) is 0 Å². The summed E-state index contributed by atoms with van der Waals surface area (Å²) in [4.78, 5) is 29.7. The van der Waals surface area contributed by atoms with Crippen LogP contribution in [0, 0.1) is 5.92 Å². The van der Waals surface area contributed by atoms with E-state index in [0.717, 1.165) is 25.7 Å². The molecule has 1 aliphatic heterocycles. The zero-order valence-electron chi connectivity index (χ0n) is 23.1. The van der Waals surface area contributed by atoms with Gasteiger partial charge in [0.25, 0.3) is 6.43 Å². The van der Waals surface area contributed by atoms with Crippen molar-refractivity contribution >= 4 is 28.8 Å². The van der Waals surface area contributed by atoms with Crippen LogP contribution in [0.4, 0.5) is 20.5 Å². The van der Waals surface area contributed by atoms with Crippen molar-refractivity contribution in [3.05, 3.63) is 36.2 Å². The van der Waals surface area contributed by atoms with Gasteiger partial charge in [-0.05, 0) is 57.7 Å². The summed E-state index contributed by atoms with van der Waals surface area (Å²) < 4.78 is 40.2. The summed E-state index contributed by atoms with van der Waals surface area (Å²) >= 11 is 0. The van der Waals surface area contributed by atoms with Gasteiger partial charge >= 0.3 is 5.97 Å². The first kappa shape index (κ1) is 28.2. The third-order valence-corrected chi connectivity index (χ3v) is 7.72. The summed E-state index contributed by atoms with van der Waals surface area (Å²) in [6, 6.07) is 9.18. The van der Waals surface area contributed by atoms with E-state index in [4.69, 9.17) is 19.4 Å². The van der Waals surface area contributed by atoms with Gasteiger partial charge in [-0.1, -0.05) is 12.1 Å². The molecule has 0 amide bonds. The largest absolute Gasteiger partial charge is 0.465 e. The van der Waals surface area contributed by atoms with Gasteiger partial charge in [-0.3, -0.25) is 14.3 Å². The number of esters is 1. The molecule has 2 fully saturated rings. The van der Waals surface area contributed by atoms with Crippen molar-refractivity contribution in [1.29, 1.82) is 0 Å². The summed E-state index contributed by atoms with van der Waals surface area (Å²) in [5.41, 5.74) is 1.06. The van der Waals surface area contributed by atoms with Crippen LogP contribution in [0.25, 0.3) is 16.9 Å². The number of carbonyl (C=O) groups is 1. The molecule has 40 heavy (non-hydrogen) atoms. The van der Waals surface area contributed by atoms with Gasteiger partial charge in [0, 0.05) is 31.7 Å². The van der Waals surface area contributed by atoms with E-state index in [1.54, 1.807) is 30.3 Å². The number of ether oxygens (including phenoxy) is 2. The molecule has 1 saturated carbocycles. The van der Waals surface area contributed by atoms with Gasteiger partial charge in [-0.25, -0.2) is 13.8 Å². The zero-order chi connectivity index (χ0) is 28.1. The van der Waals surface area contributed by atoms with E-state index in [-0.39, 0.29) is 11.8 Å². The molecule has 1 N–H and O–H groups in total. The normalized spacial score (nSPS) is 19.9. The summed E-state index contributed by atoms with van der Waals surface area (Å²) in [5.74, 6) is 1.30. The number of nitrogens with zero attached hydrogens (tertiary/aromatic N) is 6. The van der Waals surface area contributed by atoms with Gasteiger partial charge in [0.05, 0.1) is 37.4 Å². The van der Waals surface area contributed by atoms with Crippen LogP contribution in [0.2, 0.25) is 0 Å². The maximum atomic E-state index is 14.1. The molecule has 216 valence electrons. The molecular weight excluding hydrogens is 520 g/mol. The quantitative estimate of drug-likeness (QED) is 0.370. The maximum Gasteiger partial charge on any atom is 0.320 e. The Hall–Kier alpha value is -3.38. The molecule has 3 aromatic rings. The van der Waals surface area contributed by atoms with Crippen LogP contribution in [0.3, 0.4) is 0 Å². The molecule has 12 heteroatoms. The Kier molecular flexibility index (Phi) is 9.05. The number of anilines is 2. The second-order valence-electron chi connectivity index (χ2n) is 10.4. The third-order valence-electron chi connectivity index (χ3n) is 7.72.